The summed E-state index contributed by atoms with van der Waals surface area (Å²) in [6, 6.07) is 5.63. The molecule has 1 aromatic carbocycles. The Balaban J connectivity index is 3.32. The molecule has 88 valence electrons. The van der Waals surface area contributed by atoms with Gasteiger partial charge in [0.1, 0.15) is 11.4 Å². The summed E-state index contributed by atoms with van der Waals surface area (Å²) in [5.74, 6) is -1.79. The number of benzene rings is 1. The highest BCUT2D eigenvalue weighted by molar-refractivity contribution is 5.75. The first-order chi connectivity index (χ1) is 7.21. The first-order valence-electron chi connectivity index (χ1n) is 4.92. The summed E-state index contributed by atoms with van der Waals surface area (Å²) in [4.78, 5) is 11.1. The first kappa shape index (κ1) is 12.6. The number of halogens is 1. The minimum Gasteiger partial charge on any atom is -0.481 e. The van der Waals surface area contributed by atoms with E-state index in [9.17, 15) is 14.3 Å². The zero-order valence-electron chi connectivity index (χ0n) is 9.49. The van der Waals surface area contributed by atoms with Crippen LogP contribution in [0.25, 0.3) is 0 Å². The third-order valence-corrected chi connectivity index (χ3v) is 3.15. The van der Waals surface area contributed by atoms with Crippen molar-refractivity contribution in [1.29, 1.82) is 0 Å². The van der Waals surface area contributed by atoms with E-state index in [0.29, 0.717) is 0 Å². The molecule has 0 saturated carbocycles. The van der Waals surface area contributed by atoms with E-state index in [1.165, 1.54) is 39.0 Å². The number of carboxylic acid groups (broad SMARTS) is 1. The molecule has 0 amide bonds. The van der Waals surface area contributed by atoms with Crippen LogP contribution < -0.4 is 0 Å². The summed E-state index contributed by atoms with van der Waals surface area (Å²) in [6.45, 7) is 4.03. The van der Waals surface area contributed by atoms with Crippen molar-refractivity contribution in [3.63, 3.8) is 0 Å². The van der Waals surface area contributed by atoms with Crippen molar-refractivity contribution in [3.05, 3.63) is 35.6 Å². The van der Waals surface area contributed by atoms with Gasteiger partial charge in [-0.2, -0.15) is 0 Å². The monoisotopic (exact) mass is 226 g/mol. The van der Waals surface area contributed by atoms with Gasteiger partial charge in [0.25, 0.3) is 0 Å². The van der Waals surface area contributed by atoms with Crippen LogP contribution in [0.15, 0.2) is 24.3 Å². The minimum absolute atomic E-state index is 0.0117. The van der Waals surface area contributed by atoms with E-state index < -0.39 is 22.8 Å². The number of rotatable bonds is 3. The molecule has 0 saturated heterocycles. The Bertz CT molecular complexity index is 410. The van der Waals surface area contributed by atoms with Crippen molar-refractivity contribution in [2.75, 3.05) is 0 Å². The van der Waals surface area contributed by atoms with Crippen molar-refractivity contribution in [2.45, 2.75) is 26.4 Å². The highest BCUT2D eigenvalue weighted by Gasteiger charge is 2.47. The molecular formula is C12H15FO3. The van der Waals surface area contributed by atoms with Crippen LogP contribution in [0.2, 0.25) is 0 Å². The molecule has 0 fully saturated rings. The van der Waals surface area contributed by atoms with Gasteiger partial charge in [0.2, 0.25) is 0 Å². The molecule has 3 nitrogen and oxygen atoms in total. The Morgan fingerprint density at radius 1 is 1.25 bits per heavy atom. The largest absolute Gasteiger partial charge is 0.481 e. The summed E-state index contributed by atoms with van der Waals surface area (Å²) < 4.78 is 13.5. The van der Waals surface area contributed by atoms with Crippen LogP contribution in [0.1, 0.15) is 26.3 Å². The highest BCUT2D eigenvalue weighted by Crippen LogP contribution is 2.40. The van der Waals surface area contributed by atoms with Crippen molar-refractivity contribution in [2.24, 2.45) is 5.41 Å². The SMILES string of the molecule is CC(C)(C(=O)O)C(C)(O)c1ccccc1F. The van der Waals surface area contributed by atoms with Crippen molar-refractivity contribution < 1.29 is 19.4 Å². The van der Waals surface area contributed by atoms with Gasteiger partial charge in [-0.15, -0.1) is 0 Å². The van der Waals surface area contributed by atoms with E-state index in [1.54, 1.807) is 6.07 Å². The predicted octanol–water partition coefficient (Wildman–Crippen LogP) is 2.14. The van der Waals surface area contributed by atoms with Crippen molar-refractivity contribution in [1.82, 2.24) is 0 Å². The summed E-state index contributed by atoms with van der Waals surface area (Å²) in [5, 5.41) is 19.3. The molecule has 2 N–H and O–H groups in total. The number of carbonyl (C=O) groups is 1. The second-order valence-electron chi connectivity index (χ2n) is 4.48. The van der Waals surface area contributed by atoms with Crippen molar-refractivity contribution in [3.8, 4) is 0 Å². The lowest BCUT2D eigenvalue weighted by Gasteiger charge is -2.37. The standard InChI is InChI=1S/C12H15FO3/c1-11(2,10(14)15)12(3,16)8-6-4-5-7-9(8)13/h4-7,16H,1-3H3,(H,14,15). The van der Waals surface area contributed by atoms with Crippen LogP contribution >= 0.6 is 0 Å². The van der Waals surface area contributed by atoms with Gasteiger partial charge in [-0.05, 0) is 26.8 Å². The van der Waals surface area contributed by atoms with E-state index >= 15 is 0 Å². The van der Waals surface area contributed by atoms with Crippen molar-refractivity contribution >= 4 is 5.97 Å². The molecule has 1 rings (SSSR count). The smallest absolute Gasteiger partial charge is 0.312 e. The number of hydrogen-bond acceptors (Lipinski definition) is 2. The Morgan fingerprint density at radius 2 is 1.75 bits per heavy atom. The van der Waals surface area contributed by atoms with Crippen LogP contribution in [0.4, 0.5) is 4.39 Å². The highest BCUT2D eigenvalue weighted by atomic mass is 19.1. The zero-order chi connectivity index (χ0) is 12.6. The molecule has 16 heavy (non-hydrogen) atoms. The second-order valence-corrected chi connectivity index (χ2v) is 4.48. The molecule has 1 atom stereocenters. The molecule has 0 spiro atoms. The van der Waals surface area contributed by atoms with E-state index in [0.717, 1.165) is 0 Å². The van der Waals surface area contributed by atoms with Crippen LogP contribution in [0.5, 0.6) is 0 Å². The van der Waals surface area contributed by atoms with E-state index in [-0.39, 0.29) is 5.56 Å². The maximum atomic E-state index is 13.5. The average Bonchev–Trinajstić information content (AvgIpc) is 2.17. The fourth-order valence-corrected chi connectivity index (χ4v) is 1.40. The fourth-order valence-electron chi connectivity index (χ4n) is 1.40. The number of aliphatic carboxylic acids is 1. The molecular weight excluding hydrogens is 211 g/mol. The Labute approximate surface area is 93.5 Å². The van der Waals surface area contributed by atoms with Crippen LogP contribution in [-0.4, -0.2) is 16.2 Å². The third kappa shape index (κ3) is 1.80. The normalized spacial score (nSPS) is 15.6. The molecule has 4 heteroatoms. The quantitative estimate of drug-likeness (QED) is 0.830. The van der Waals surface area contributed by atoms with Gasteiger partial charge in [0.15, 0.2) is 0 Å². The Kier molecular flexibility index (Phi) is 3.06. The summed E-state index contributed by atoms with van der Waals surface area (Å²) in [7, 11) is 0. The Morgan fingerprint density at radius 3 is 2.19 bits per heavy atom. The molecule has 1 aromatic rings. The fraction of sp³-hybridized carbons (Fsp3) is 0.417. The van der Waals surface area contributed by atoms with Crippen LogP contribution in [-0.2, 0) is 10.4 Å². The average molecular weight is 226 g/mol. The molecule has 0 heterocycles. The summed E-state index contributed by atoms with van der Waals surface area (Å²) in [5.41, 5.74) is -3.26. The molecule has 1 unspecified atom stereocenters. The first-order valence-corrected chi connectivity index (χ1v) is 4.92. The number of hydrogen-bond donors (Lipinski definition) is 2. The van der Waals surface area contributed by atoms with Gasteiger partial charge in [-0.3, -0.25) is 4.79 Å². The third-order valence-electron chi connectivity index (χ3n) is 3.15. The molecule has 0 bridgehead atoms. The lowest BCUT2D eigenvalue weighted by atomic mass is 9.72. The predicted molar refractivity (Wildman–Crippen MR) is 57.4 cm³/mol. The van der Waals surface area contributed by atoms with Gasteiger partial charge in [-0.25, -0.2) is 4.39 Å². The Hall–Kier alpha value is -1.42. The molecule has 0 radical (unpaired) electrons. The topological polar surface area (TPSA) is 57.5 Å². The van der Waals surface area contributed by atoms with E-state index in [1.807, 2.05) is 0 Å². The lowest BCUT2D eigenvalue weighted by Crippen LogP contribution is -2.45. The maximum Gasteiger partial charge on any atom is 0.312 e. The summed E-state index contributed by atoms with van der Waals surface area (Å²) >= 11 is 0. The summed E-state index contributed by atoms with van der Waals surface area (Å²) in [6.07, 6.45) is 0. The van der Waals surface area contributed by atoms with E-state index in [2.05, 4.69) is 0 Å². The molecule has 0 aliphatic rings. The zero-order valence-corrected chi connectivity index (χ0v) is 9.49. The molecule has 0 aromatic heterocycles. The van der Waals surface area contributed by atoms with Gasteiger partial charge in [0, 0.05) is 5.56 Å². The van der Waals surface area contributed by atoms with Crippen LogP contribution in [0, 0.1) is 11.2 Å². The molecule has 0 aliphatic heterocycles. The van der Waals surface area contributed by atoms with Crippen LogP contribution in [0.3, 0.4) is 0 Å². The van der Waals surface area contributed by atoms with Gasteiger partial charge < -0.3 is 10.2 Å². The van der Waals surface area contributed by atoms with Gasteiger partial charge >= 0.3 is 5.97 Å². The maximum absolute atomic E-state index is 13.5. The minimum atomic E-state index is -1.77. The van der Waals surface area contributed by atoms with Gasteiger partial charge in [-0.1, -0.05) is 18.2 Å². The lowest BCUT2D eigenvalue weighted by molar-refractivity contribution is -0.164. The molecule has 0 aliphatic carbocycles. The number of aliphatic hydroxyl groups is 1. The second kappa shape index (κ2) is 3.87. The number of carboxylic acids is 1. The van der Waals surface area contributed by atoms with Gasteiger partial charge in [0.05, 0.1) is 5.41 Å². The van der Waals surface area contributed by atoms with E-state index in [4.69, 9.17) is 5.11 Å².